The fourth-order valence-electron chi connectivity index (χ4n) is 2.40. The van der Waals surface area contributed by atoms with E-state index in [-0.39, 0.29) is 0 Å². The molecule has 0 aliphatic rings. The summed E-state index contributed by atoms with van der Waals surface area (Å²) in [6.45, 7) is 0. The van der Waals surface area contributed by atoms with Gasteiger partial charge in [-0.05, 0) is 35.0 Å². The molecule has 23 heavy (non-hydrogen) atoms. The van der Waals surface area contributed by atoms with Gasteiger partial charge in [-0.3, -0.25) is 0 Å². The van der Waals surface area contributed by atoms with Gasteiger partial charge in [0.15, 0.2) is 0 Å². The predicted molar refractivity (Wildman–Crippen MR) is 88.2 cm³/mol. The van der Waals surface area contributed by atoms with E-state index in [1.165, 1.54) is 37.7 Å². The highest BCUT2D eigenvalue weighted by molar-refractivity contribution is 7.08. The van der Waals surface area contributed by atoms with Crippen molar-refractivity contribution in [2.24, 2.45) is 0 Å². The zero-order chi connectivity index (χ0) is 16.4. The van der Waals surface area contributed by atoms with Gasteiger partial charge < -0.3 is 9.47 Å². The summed E-state index contributed by atoms with van der Waals surface area (Å²) in [6, 6.07) is 9.29. The first-order valence-electron chi connectivity index (χ1n) is 6.88. The third-order valence-corrected chi connectivity index (χ3v) is 4.34. The molecule has 1 heterocycles. The van der Waals surface area contributed by atoms with Gasteiger partial charge in [0, 0.05) is 34.4 Å². The van der Waals surface area contributed by atoms with Gasteiger partial charge in [-0.25, -0.2) is 8.78 Å². The molecule has 0 aliphatic carbocycles. The van der Waals surface area contributed by atoms with E-state index in [4.69, 9.17) is 9.47 Å². The van der Waals surface area contributed by atoms with Crippen LogP contribution in [-0.2, 0) is 0 Å². The van der Waals surface area contributed by atoms with Crippen LogP contribution in [0, 0.1) is 11.6 Å². The number of hydrogen-bond acceptors (Lipinski definition) is 3. The van der Waals surface area contributed by atoms with E-state index in [1.54, 1.807) is 24.3 Å². The number of benzene rings is 2. The minimum Gasteiger partial charge on any atom is -0.497 e. The van der Waals surface area contributed by atoms with Crippen molar-refractivity contribution in [1.29, 1.82) is 0 Å². The van der Waals surface area contributed by atoms with E-state index in [0.717, 1.165) is 0 Å². The van der Waals surface area contributed by atoms with Gasteiger partial charge >= 0.3 is 0 Å². The van der Waals surface area contributed by atoms with Crippen LogP contribution < -0.4 is 9.47 Å². The molecule has 0 fully saturated rings. The van der Waals surface area contributed by atoms with Gasteiger partial charge in [0.1, 0.15) is 23.1 Å². The molecule has 3 rings (SSSR count). The third kappa shape index (κ3) is 2.92. The molecule has 0 radical (unpaired) electrons. The van der Waals surface area contributed by atoms with Crippen LogP contribution in [0.4, 0.5) is 8.78 Å². The van der Waals surface area contributed by atoms with Crippen molar-refractivity contribution in [1.82, 2.24) is 0 Å². The second kappa shape index (κ2) is 6.38. The van der Waals surface area contributed by atoms with Crippen LogP contribution >= 0.6 is 11.3 Å². The summed E-state index contributed by atoms with van der Waals surface area (Å²) in [7, 11) is 2.97. The Morgan fingerprint density at radius 3 is 1.48 bits per heavy atom. The van der Waals surface area contributed by atoms with Crippen LogP contribution in [0.2, 0.25) is 0 Å². The highest BCUT2D eigenvalue weighted by atomic mass is 32.1. The monoisotopic (exact) mass is 332 g/mol. The number of methoxy groups -OCH3 is 2. The predicted octanol–water partition coefficient (Wildman–Crippen LogP) is 5.38. The van der Waals surface area contributed by atoms with Crippen molar-refractivity contribution in [2.45, 2.75) is 0 Å². The maximum absolute atomic E-state index is 14.3. The van der Waals surface area contributed by atoms with Crippen LogP contribution in [0.25, 0.3) is 22.3 Å². The number of halogens is 2. The summed E-state index contributed by atoms with van der Waals surface area (Å²) < 4.78 is 38.7. The van der Waals surface area contributed by atoms with Crippen LogP contribution in [0.15, 0.2) is 47.2 Å². The maximum atomic E-state index is 14.3. The zero-order valence-electron chi connectivity index (χ0n) is 12.6. The lowest BCUT2D eigenvalue weighted by atomic mass is 9.98. The van der Waals surface area contributed by atoms with Crippen LogP contribution in [0.3, 0.4) is 0 Å². The number of thiophene rings is 1. The lowest BCUT2D eigenvalue weighted by Gasteiger charge is -2.09. The van der Waals surface area contributed by atoms with Gasteiger partial charge in [-0.1, -0.05) is 0 Å². The smallest absolute Gasteiger partial charge is 0.134 e. The van der Waals surface area contributed by atoms with E-state index in [2.05, 4.69) is 0 Å². The first-order valence-corrected chi connectivity index (χ1v) is 7.82. The Hall–Kier alpha value is -2.40. The molecule has 2 aromatic carbocycles. The molecule has 1 aromatic heterocycles. The summed E-state index contributed by atoms with van der Waals surface area (Å²) in [6.07, 6.45) is 0. The second-order valence-electron chi connectivity index (χ2n) is 4.89. The van der Waals surface area contributed by atoms with Crippen LogP contribution in [0.1, 0.15) is 0 Å². The minimum atomic E-state index is -0.405. The van der Waals surface area contributed by atoms with Gasteiger partial charge in [-0.2, -0.15) is 11.3 Å². The lowest BCUT2D eigenvalue weighted by molar-refractivity contribution is 0.411. The molecule has 118 valence electrons. The third-order valence-electron chi connectivity index (χ3n) is 3.59. The average Bonchev–Trinajstić information content (AvgIpc) is 3.03. The summed E-state index contributed by atoms with van der Waals surface area (Å²) in [4.78, 5) is 0. The Kier molecular flexibility index (Phi) is 4.30. The fourth-order valence-corrected chi connectivity index (χ4v) is 3.24. The number of ether oxygens (including phenoxy) is 2. The summed E-state index contributed by atoms with van der Waals surface area (Å²) >= 11 is 1.40. The fraction of sp³-hybridized carbons (Fsp3) is 0.111. The van der Waals surface area contributed by atoms with Gasteiger partial charge in [-0.15, -0.1) is 0 Å². The van der Waals surface area contributed by atoms with E-state index in [9.17, 15) is 8.78 Å². The average molecular weight is 332 g/mol. The first kappa shape index (κ1) is 15.5. The standard InChI is InChI=1S/C18H14F2O2S/c1-21-11-3-5-13(17(19)7-11)15-9-23-10-16(15)14-6-4-12(22-2)8-18(14)20/h3-10H,1-2H3. The molecule has 0 saturated carbocycles. The van der Waals surface area contributed by atoms with Crippen molar-refractivity contribution < 1.29 is 18.3 Å². The Morgan fingerprint density at radius 2 is 1.13 bits per heavy atom. The highest BCUT2D eigenvalue weighted by Gasteiger charge is 2.16. The van der Waals surface area contributed by atoms with Crippen LogP contribution in [-0.4, -0.2) is 14.2 Å². The molecule has 0 aliphatic heterocycles. The Labute approximate surface area is 136 Å². The molecule has 5 heteroatoms. The molecule has 3 aromatic rings. The Bertz CT molecular complexity index is 775. The Morgan fingerprint density at radius 1 is 0.696 bits per heavy atom. The molecular formula is C18H14F2O2S. The molecule has 0 N–H and O–H groups in total. The molecule has 0 saturated heterocycles. The molecule has 0 atom stereocenters. The van der Waals surface area contributed by atoms with E-state index < -0.39 is 11.6 Å². The summed E-state index contributed by atoms with van der Waals surface area (Å²) in [5.41, 5.74) is 2.13. The molecule has 0 unspecified atom stereocenters. The van der Waals surface area contributed by atoms with Gasteiger partial charge in [0.25, 0.3) is 0 Å². The van der Waals surface area contributed by atoms with Crippen molar-refractivity contribution >= 4 is 11.3 Å². The SMILES string of the molecule is COc1ccc(-c2cscc2-c2ccc(OC)cc2F)c(F)c1. The topological polar surface area (TPSA) is 18.5 Å². The second-order valence-corrected chi connectivity index (χ2v) is 5.63. The van der Waals surface area contributed by atoms with Crippen molar-refractivity contribution in [3.8, 4) is 33.8 Å². The summed E-state index contributed by atoms with van der Waals surface area (Å²) in [5.74, 6) is 0.0770. The highest BCUT2D eigenvalue weighted by Crippen LogP contribution is 2.39. The van der Waals surface area contributed by atoms with E-state index in [1.807, 2.05) is 10.8 Å². The zero-order valence-corrected chi connectivity index (χ0v) is 13.4. The van der Waals surface area contributed by atoms with Crippen molar-refractivity contribution in [3.63, 3.8) is 0 Å². The molecule has 0 bridgehead atoms. The van der Waals surface area contributed by atoms with Crippen LogP contribution in [0.5, 0.6) is 11.5 Å². The van der Waals surface area contributed by atoms with E-state index in [0.29, 0.717) is 33.8 Å². The lowest BCUT2D eigenvalue weighted by Crippen LogP contribution is -1.91. The Balaban J connectivity index is 2.10. The molecular weight excluding hydrogens is 318 g/mol. The minimum absolute atomic E-state index is 0.405. The molecule has 0 spiro atoms. The number of rotatable bonds is 4. The quantitative estimate of drug-likeness (QED) is 0.639. The molecule has 2 nitrogen and oxygen atoms in total. The summed E-state index contributed by atoms with van der Waals surface area (Å²) in [5, 5.41) is 3.62. The maximum Gasteiger partial charge on any atom is 0.134 e. The van der Waals surface area contributed by atoms with Crippen molar-refractivity contribution in [3.05, 3.63) is 58.8 Å². The first-order chi connectivity index (χ1) is 11.1. The normalized spacial score (nSPS) is 10.6. The van der Waals surface area contributed by atoms with Gasteiger partial charge in [0.05, 0.1) is 14.2 Å². The molecule has 0 amide bonds. The van der Waals surface area contributed by atoms with Gasteiger partial charge in [0.2, 0.25) is 0 Å². The van der Waals surface area contributed by atoms with Crippen molar-refractivity contribution in [2.75, 3.05) is 14.2 Å². The largest absolute Gasteiger partial charge is 0.497 e. The van der Waals surface area contributed by atoms with E-state index >= 15 is 0 Å². The number of hydrogen-bond donors (Lipinski definition) is 0.